The molecule has 7 rings (SSSR count). The number of carbonyl (C=O) groups is 1. The molecule has 1 amide bonds. The number of benzene rings is 1. The van der Waals surface area contributed by atoms with Crippen LogP contribution in [0.15, 0.2) is 36.5 Å². The van der Waals surface area contributed by atoms with Crippen LogP contribution in [0, 0.1) is 5.92 Å². The van der Waals surface area contributed by atoms with E-state index in [1.165, 1.54) is 0 Å². The number of aliphatic hydroxyl groups is 1. The Morgan fingerprint density at radius 1 is 1.29 bits per heavy atom. The van der Waals surface area contributed by atoms with Gasteiger partial charge in [-0.25, -0.2) is 9.97 Å². The number of hydrogen-bond donors (Lipinski definition) is 2. The quantitative estimate of drug-likeness (QED) is 0.479. The van der Waals surface area contributed by atoms with Crippen LogP contribution in [0.1, 0.15) is 49.0 Å². The van der Waals surface area contributed by atoms with E-state index in [9.17, 15) is 9.90 Å². The van der Waals surface area contributed by atoms with Gasteiger partial charge in [0.2, 0.25) is 0 Å². The molecule has 4 aromatic rings. The largest absolute Gasteiger partial charge is 0.385 e. The molecular weight excluding hydrogens is 440 g/mol. The second-order valence-electron chi connectivity index (χ2n) is 10.6. The third-order valence-electron chi connectivity index (χ3n) is 8.61. The van der Waals surface area contributed by atoms with E-state index in [1.807, 2.05) is 36.2 Å². The molecule has 1 saturated heterocycles. The maximum absolute atomic E-state index is 13.6. The van der Waals surface area contributed by atoms with Crippen LogP contribution in [0.3, 0.4) is 0 Å². The molecule has 1 aromatic carbocycles. The second-order valence-corrected chi connectivity index (χ2v) is 10.6. The van der Waals surface area contributed by atoms with Gasteiger partial charge in [-0.05, 0) is 69.4 Å². The van der Waals surface area contributed by atoms with Gasteiger partial charge in [0.15, 0.2) is 5.82 Å². The van der Waals surface area contributed by atoms with Crippen molar-refractivity contribution < 1.29 is 9.90 Å². The van der Waals surface area contributed by atoms with Gasteiger partial charge in [0, 0.05) is 54.4 Å². The standard InChI is InChI=1S/C27H30N6O2/c1-3-31-21(13-15-5-4-9-29-24(15)31)25-30-19-12-17(11-18-23(19)32(25)10-8-27(18,2)35)26(34)33-14-16-6-7-20(33)22(16)28/h4-5,9,11-13,16,20,22,35H,3,6-8,10,14,28H2,1-2H3. The first-order chi connectivity index (χ1) is 16.9. The molecule has 2 fully saturated rings. The van der Waals surface area contributed by atoms with Crippen LogP contribution in [0.5, 0.6) is 0 Å². The maximum Gasteiger partial charge on any atom is 0.254 e. The number of likely N-dealkylation sites (tertiary alicyclic amines) is 1. The van der Waals surface area contributed by atoms with Gasteiger partial charge >= 0.3 is 0 Å². The van der Waals surface area contributed by atoms with Crippen molar-refractivity contribution in [2.24, 2.45) is 11.7 Å². The highest BCUT2D eigenvalue weighted by atomic mass is 16.3. The summed E-state index contributed by atoms with van der Waals surface area (Å²) in [4.78, 5) is 25.3. The van der Waals surface area contributed by atoms with Crippen molar-refractivity contribution in [1.29, 1.82) is 0 Å². The van der Waals surface area contributed by atoms with Crippen molar-refractivity contribution in [3.05, 3.63) is 47.7 Å². The first-order valence-corrected chi connectivity index (χ1v) is 12.7. The predicted molar refractivity (Wildman–Crippen MR) is 134 cm³/mol. The number of carbonyl (C=O) groups excluding carboxylic acids is 1. The van der Waals surface area contributed by atoms with Crippen LogP contribution in [0.2, 0.25) is 0 Å². The van der Waals surface area contributed by atoms with Crippen LogP contribution in [0.25, 0.3) is 33.6 Å². The molecular formula is C27H30N6O2. The minimum Gasteiger partial charge on any atom is -0.385 e. The van der Waals surface area contributed by atoms with Crippen molar-refractivity contribution >= 4 is 28.0 Å². The fourth-order valence-electron chi connectivity index (χ4n) is 6.72. The fraction of sp³-hybridized carbons (Fsp3) is 0.444. The summed E-state index contributed by atoms with van der Waals surface area (Å²) in [6.07, 6.45) is 4.44. The van der Waals surface area contributed by atoms with Crippen molar-refractivity contribution in [2.45, 2.75) is 63.9 Å². The summed E-state index contributed by atoms with van der Waals surface area (Å²) in [7, 11) is 0. The molecule has 2 aliphatic heterocycles. The van der Waals surface area contributed by atoms with Gasteiger partial charge in [-0.2, -0.15) is 0 Å². The number of fused-ring (bicyclic) bond motifs is 3. The third-order valence-corrected chi connectivity index (χ3v) is 8.61. The van der Waals surface area contributed by atoms with E-state index in [-0.39, 0.29) is 18.0 Å². The Hall–Kier alpha value is -3.23. The first kappa shape index (κ1) is 21.1. The smallest absolute Gasteiger partial charge is 0.254 e. The van der Waals surface area contributed by atoms with Crippen LogP contribution in [-0.2, 0) is 18.7 Å². The van der Waals surface area contributed by atoms with Crippen LogP contribution < -0.4 is 5.73 Å². The maximum atomic E-state index is 13.6. The monoisotopic (exact) mass is 470 g/mol. The molecule has 3 aliphatic rings. The predicted octanol–water partition coefficient (Wildman–Crippen LogP) is 3.25. The molecule has 35 heavy (non-hydrogen) atoms. The highest BCUT2D eigenvalue weighted by Crippen LogP contribution is 2.42. The van der Waals surface area contributed by atoms with Crippen molar-refractivity contribution in [2.75, 3.05) is 6.54 Å². The Balaban J connectivity index is 1.41. The summed E-state index contributed by atoms with van der Waals surface area (Å²) < 4.78 is 4.38. The number of aromatic nitrogens is 4. The Kier molecular flexibility index (Phi) is 4.31. The number of aryl methyl sites for hydroxylation is 2. The van der Waals surface area contributed by atoms with Gasteiger partial charge in [-0.3, -0.25) is 4.79 Å². The van der Waals surface area contributed by atoms with E-state index in [0.29, 0.717) is 24.4 Å². The van der Waals surface area contributed by atoms with E-state index < -0.39 is 5.60 Å². The summed E-state index contributed by atoms with van der Waals surface area (Å²) in [5, 5.41) is 12.4. The summed E-state index contributed by atoms with van der Waals surface area (Å²) >= 11 is 0. The molecule has 4 atom stereocenters. The molecule has 3 aromatic heterocycles. The summed E-state index contributed by atoms with van der Waals surface area (Å²) in [6, 6.07) is 10.1. The van der Waals surface area contributed by atoms with Crippen molar-refractivity contribution in [3.63, 3.8) is 0 Å². The minimum absolute atomic E-state index is 0.00450. The summed E-state index contributed by atoms with van der Waals surface area (Å²) in [6.45, 7) is 6.09. The third kappa shape index (κ3) is 2.84. The molecule has 5 heterocycles. The number of pyridine rings is 1. The van der Waals surface area contributed by atoms with Gasteiger partial charge in [-0.1, -0.05) is 0 Å². The number of piperidine rings is 1. The number of rotatable bonds is 3. The number of nitrogens with zero attached hydrogens (tertiary/aromatic N) is 5. The fourth-order valence-corrected chi connectivity index (χ4v) is 6.72. The highest BCUT2D eigenvalue weighted by molar-refractivity contribution is 6.00. The molecule has 180 valence electrons. The van der Waals surface area contributed by atoms with E-state index in [1.54, 1.807) is 0 Å². The number of amides is 1. The van der Waals surface area contributed by atoms with Gasteiger partial charge < -0.3 is 24.9 Å². The van der Waals surface area contributed by atoms with Gasteiger partial charge in [-0.15, -0.1) is 0 Å². The Labute approximate surface area is 203 Å². The molecule has 1 aliphatic carbocycles. The minimum atomic E-state index is -1.03. The number of nitrogens with two attached hydrogens (primary N) is 1. The second kappa shape index (κ2) is 7.15. The van der Waals surface area contributed by atoms with E-state index >= 15 is 0 Å². The number of imidazole rings is 1. The first-order valence-electron chi connectivity index (χ1n) is 12.7. The topological polar surface area (TPSA) is 102 Å². The summed E-state index contributed by atoms with van der Waals surface area (Å²) in [5.41, 5.74) is 10.3. The molecule has 1 saturated carbocycles. The molecule has 0 radical (unpaired) electrons. The lowest BCUT2D eigenvalue weighted by molar-refractivity contribution is 0.0398. The number of hydrogen-bond acceptors (Lipinski definition) is 5. The highest BCUT2D eigenvalue weighted by Gasteiger charge is 2.47. The zero-order valence-electron chi connectivity index (χ0n) is 20.1. The molecule has 8 heteroatoms. The average Bonchev–Trinajstić information content (AvgIpc) is 3.60. The lowest BCUT2D eigenvalue weighted by Gasteiger charge is -2.32. The van der Waals surface area contributed by atoms with E-state index in [2.05, 4.69) is 33.2 Å². The van der Waals surface area contributed by atoms with E-state index in [0.717, 1.165) is 65.1 Å². The average molecular weight is 471 g/mol. The molecule has 4 unspecified atom stereocenters. The van der Waals surface area contributed by atoms with Crippen molar-refractivity contribution in [1.82, 2.24) is 24.0 Å². The Bertz CT molecular complexity index is 1520. The van der Waals surface area contributed by atoms with Crippen LogP contribution in [-0.4, -0.2) is 53.6 Å². The van der Waals surface area contributed by atoms with Gasteiger partial charge in [0.1, 0.15) is 5.65 Å². The molecule has 2 bridgehead atoms. The SMILES string of the molecule is CCn1c(-c2nc3cc(C(=O)N4CC5CCC4C5N)cc4c3n2CCC4(C)O)cc2cccnc21. The zero-order chi connectivity index (χ0) is 24.1. The van der Waals surface area contributed by atoms with Crippen LogP contribution in [0.4, 0.5) is 0 Å². The molecule has 0 spiro atoms. The van der Waals surface area contributed by atoms with Crippen LogP contribution >= 0.6 is 0 Å². The molecule has 3 N–H and O–H groups in total. The van der Waals surface area contributed by atoms with Gasteiger partial charge in [0.05, 0.1) is 22.3 Å². The lowest BCUT2D eigenvalue weighted by Crippen LogP contribution is -2.41. The lowest BCUT2D eigenvalue weighted by atomic mass is 9.87. The Morgan fingerprint density at radius 2 is 2.14 bits per heavy atom. The molecule has 8 nitrogen and oxygen atoms in total. The normalized spacial score (nSPS) is 27.4. The van der Waals surface area contributed by atoms with Gasteiger partial charge in [0.25, 0.3) is 5.91 Å². The van der Waals surface area contributed by atoms with Crippen molar-refractivity contribution in [3.8, 4) is 11.5 Å². The Morgan fingerprint density at radius 3 is 2.89 bits per heavy atom. The zero-order valence-corrected chi connectivity index (χ0v) is 20.1. The summed E-state index contributed by atoms with van der Waals surface area (Å²) in [5.74, 6) is 1.24. The van der Waals surface area contributed by atoms with E-state index in [4.69, 9.17) is 10.7 Å².